The molecule has 0 bridgehead atoms. The molecule has 2 aromatic rings. The minimum atomic E-state index is 0.0960. The Balaban J connectivity index is 2.45. The molecule has 0 radical (unpaired) electrons. The zero-order chi connectivity index (χ0) is 12.4. The highest BCUT2D eigenvalue weighted by Crippen LogP contribution is 2.22. The molecule has 0 saturated heterocycles. The van der Waals surface area contributed by atoms with E-state index in [0.717, 1.165) is 17.9 Å². The van der Waals surface area contributed by atoms with Crippen molar-refractivity contribution in [3.05, 3.63) is 35.7 Å². The molecule has 92 valence electrons. The topological polar surface area (TPSA) is 47.7 Å². The van der Waals surface area contributed by atoms with E-state index in [2.05, 4.69) is 28.5 Å². The summed E-state index contributed by atoms with van der Waals surface area (Å²) in [6.07, 6.45) is 6.77. The fourth-order valence-electron chi connectivity index (χ4n) is 2.15. The zero-order valence-electron chi connectivity index (χ0n) is 10.8. The van der Waals surface area contributed by atoms with Crippen LogP contribution in [0.1, 0.15) is 30.0 Å². The van der Waals surface area contributed by atoms with Gasteiger partial charge in [-0.2, -0.15) is 5.10 Å². The van der Waals surface area contributed by atoms with Gasteiger partial charge in [0.2, 0.25) is 0 Å². The summed E-state index contributed by atoms with van der Waals surface area (Å²) in [6.45, 7) is 2.12. The third-order valence-corrected chi connectivity index (χ3v) is 2.99. The lowest BCUT2D eigenvalue weighted by Crippen LogP contribution is -2.21. The fourth-order valence-corrected chi connectivity index (χ4v) is 2.15. The highest BCUT2D eigenvalue weighted by Gasteiger charge is 2.21. The maximum Gasteiger partial charge on any atom is 0.130 e. The molecular weight excluding hydrogens is 214 g/mol. The lowest BCUT2D eigenvalue weighted by molar-refractivity contribution is 0.612. The van der Waals surface area contributed by atoms with Gasteiger partial charge in [0.1, 0.15) is 5.82 Å². The Morgan fingerprint density at radius 1 is 1.41 bits per heavy atom. The van der Waals surface area contributed by atoms with Crippen LogP contribution in [0.2, 0.25) is 0 Å². The molecule has 0 amide bonds. The van der Waals surface area contributed by atoms with Crippen molar-refractivity contribution in [2.24, 2.45) is 14.1 Å². The lowest BCUT2D eigenvalue weighted by Gasteiger charge is -2.15. The molecule has 5 nitrogen and oxygen atoms in total. The first-order valence-corrected chi connectivity index (χ1v) is 5.84. The molecule has 5 heteroatoms. The molecule has 2 heterocycles. The molecule has 1 N–H and O–H groups in total. The largest absolute Gasteiger partial charge is 0.336 e. The number of aryl methyl sites for hydroxylation is 3. The maximum atomic E-state index is 4.48. The summed E-state index contributed by atoms with van der Waals surface area (Å²) in [5.41, 5.74) is 2.32. The standard InChI is InChI=1S/C12H19N5/c1-5-10-9(8-17(4)15-10)11(13-2)12-14-6-7-16(12)3/h6-8,11,13H,5H2,1-4H3. The quantitative estimate of drug-likeness (QED) is 0.858. The number of nitrogens with zero attached hydrogens (tertiary/aromatic N) is 4. The third-order valence-electron chi connectivity index (χ3n) is 2.99. The second-order valence-corrected chi connectivity index (χ2v) is 4.18. The Morgan fingerprint density at radius 2 is 2.18 bits per heavy atom. The Bertz CT molecular complexity index is 497. The average Bonchev–Trinajstić information content (AvgIpc) is 2.88. The first-order valence-electron chi connectivity index (χ1n) is 5.84. The number of nitrogens with one attached hydrogen (secondary N) is 1. The minimum Gasteiger partial charge on any atom is -0.336 e. The highest BCUT2D eigenvalue weighted by molar-refractivity contribution is 5.27. The van der Waals surface area contributed by atoms with E-state index in [1.807, 2.05) is 42.8 Å². The van der Waals surface area contributed by atoms with E-state index in [-0.39, 0.29) is 6.04 Å². The zero-order valence-corrected chi connectivity index (χ0v) is 10.8. The van der Waals surface area contributed by atoms with Crippen molar-refractivity contribution in [3.8, 4) is 0 Å². The van der Waals surface area contributed by atoms with Crippen LogP contribution >= 0.6 is 0 Å². The molecule has 1 unspecified atom stereocenters. The van der Waals surface area contributed by atoms with Crippen LogP contribution in [-0.2, 0) is 20.5 Å². The van der Waals surface area contributed by atoms with Crippen LogP contribution in [0.15, 0.2) is 18.6 Å². The molecule has 0 saturated carbocycles. The van der Waals surface area contributed by atoms with Crippen LogP contribution in [0, 0.1) is 0 Å². The predicted molar refractivity (Wildman–Crippen MR) is 66.7 cm³/mol. The van der Waals surface area contributed by atoms with Gasteiger partial charge in [-0.15, -0.1) is 0 Å². The van der Waals surface area contributed by atoms with Crippen molar-refractivity contribution in [3.63, 3.8) is 0 Å². The summed E-state index contributed by atoms with van der Waals surface area (Å²) in [5, 5.41) is 7.79. The van der Waals surface area contributed by atoms with Crippen molar-refractivity contribution < 1.29 is 0 Å². The van der Waals surface area contributed by atoms with Crippen LogP contribution in [0.4, 0.5) is 0 Å². The summed E-state index contributed by atoms with van der Waals surface area (Å²) in [4.78, 5) is 4.41. The third kappa shape index (κ3) is 2.10. The number of rotatable bonds is 4. The molecule has 0 fully saturated rings. The van der Waals surface area contributed by atoms with Gasteiger partial charge in [-0.1, -0.05) is 6.92 Å². The Hall–Kier alpha value is -1.62. The van der Waals surface area contributed by atoms with Gasteiger partial charge < -0.3 is 9.88 Å². The van der Waals surface area contributed by atoms with Gasteiger partial charge in [-0.05, 0) is 13.5 Å². The molecule has 0 aromatic carbocycles. The van der Waals surface area contributed by atoms with Crippen molar-refractivity contribution in [1.82, 2.24) is 24.6 Å². The Kier molecular flexibility index (Phi) is 3.28. The molecule has 0 spiro atoms. The van der Waals surface area contributed by atoms with Crippen molar-refractivity contribution in [2.75, 3.05) is 7.05 Å². The summed E-state index contributed by atoms with van der Waals surface area (Å²) in [6, 6.07) is 0.0960. The summed E-state index contributed by atoms with van der Waals surface area (Å²) in [7, 11) is 5.91. The molecule has 2 aromatic heterocycles. The van der Waals surface area contributed by atoms with Gasteiger partial charge in [-0.25, -0.2) is 4.98 Å². The van der Waals surface area contributed by atoms with Gasteiger partial charge in [0.25, 0.3) is 0 Å². The highest BCUT2D eigenvalue weighted by atomic mass is 15.3. The molecule has 1 atom stereocenters. The van der Waals surface area contributed by atoms with E-state index in [1.54, 1.807) is 0 Å². The van der Waals surface area contributed by atoms with E-state index in [9.17, 15) is 0 Å². The van der Waals surface area contributed by atoms with E-state index < -0.39 is 0 Å². The first-order chi connectivity index (χ1) is 8.17. The summed E-state index contributed by atoms with van der Waals surface area (Å²) in [5.74, 6) is 1.01. The second kappa shape index (κ2) is 4.71. The van der Waals surface area contributed by atoms with Crippen LogP contribution in [0.5, 0.6) is 0 Å². The van der Waals surface area contributed by atoms with E-state index in [4.69, 9.17) is 0 Å². The van der Waals surface area contributed by atoms with Gasteiger partial charge in [-0.3, -0.25) is 4.68 Å². The predicted octanol–water partition coefficient (Wildman–Crippen LogP) is 1.02. The SMILES string of the molecule is CCc1nn(C)cc1C(NC)c1nccn1C. The van der Waals surface area contributed by atoms with Crippen molar-refractivity contribution >= 4 is 0 Å². The van der Waals surface area contributed by atoms with E-state index in [0.29, 0.717) is 0 Å². The second-order valence-electron chi connectivity index (χ2n) is 4.18. The Morgan fingerprint density at radius 3 is 2.71 bits per heavy atom. The number of hydrogen-bond donors (Lipinski definition) is 1. The maximum absolute atomic E-state index is 4.48. The van der Waals surface area contributed by atoms with E-state index >= 15 is 0 Å². The lowest BCUT2D eigenvalue weighted by atomic mass is 10.1. The monoisotopic (exact) mass is 233 g/mol. The van der Waals surface area contributed by atoms with Crippen LogP contribution in [0.25, 0.3) is 0 Å². The molecular formula is C12H19N5. The van der Waals surface area contributed by atoms with Gasteiger partial charge >= 0.3 is 0 Å². The Labute approximate surface area is 101 Å². The molecule has 0 aliphatic heterocycles. The van der Waals surface area contributed by atoms with Gasteiger partial charge in [0.05, 0.1) is 11.7 Å². The minimum absolute atomic E-state index is 0.0960. The van der Waals surface area contributed by atoms with Crippen LogP contribution in [0.3, 0.4) is 0 Å². The van der Waals surface area contributed by atoms with Gasteiger partial charge in [0, 0.05) is 38.2 Å². The average molecular weight is 233 g/mol. The molecule has 0 aliphatic carbocycles. The van der Waals surface area contributed by atoms with Crippen LogP contribution < -0.4 is 5.32 Å². The smallest absolute Gasteiger partial charge is 0.130 e. The summed E-state index contributed by atoms with van der Waals surface area (Å²) < 4.78 is 3.90. The molecule has 2 rings (SSSR count). The number of imidazole rings is 1. The van der Waals surface area contributed by atoms with Gasteiger partial charge in [0.15, 0.2) is 0 Å². The van der Waals surface area contributed by atoms with Crippen molar-refractivity contribution in [2.45, 2.75) is 19.4 Å². The normalized spacial score (nSPS) is 12.9. The molecule has 17 heavy (non-hydrogen) atoms. The first kappa shape index (κ1) is 11.9. The van der Waals surface area contributed by atoms with E-state index in [1.165, 1.54) is 5.56 Å². The fraction of sp³-hybridized carbons (Fsp3) is 0.500. The van der Waals surface area contributed by atoms with Crippen LogP contribution in [-0.4, -0.2) is 26.4 Å². The number of hydrogen-bond acceptors (Lipinski definition) is 3. The molecule has 0 aliphatic rings. The van der Waals surface area contributed by atoms with Crippen molar-refractivity contribution in [1.29, 1.82) is 0 Å². The number of aromatic nitrogens is 4. The summed E-state index contributed by atoms with van der Waals surface area (Å²) >= 11 is 0.